The zero-order chi connectivity index (χ0) is 23.0. The van der Waals surface area contributed by atoms with Crippen molar-refractivity contribution < 1.29 is 19.1 Å². The van der Waals surface area contributed by atoms with E-state index in [0.29, 0.717) is 18.5 Å². The standard InChI is InChI=1S/C26H30N2O4/c1-5-15-26(25(31)32-6-2)21-20(22(27-26)18-11-7-16(3)8-12-18)23(29)28(24(21)30)19-13-9-17(4)10-14-19/h7-14,20-22,27H,5-6,15H2,1-4H3/t20-,21-,22-,26+/m0/s1. The number of esters is 1. The lowest BCUT2D eigenvalue weighted by molar-refractivity contribution is -0.155. The van der Waals surface area contributed by atoms with E-state index >= 15 is 0 Å². The fraction of sp³-hybridized carbons (Fsp3) is 0.423. The van der Waals surface area contributed by atoms with E-state index in [4.69, 9.17) is 4.74 Å². The van der Waals surface area contributed by atoms with E-state index < -0.39 is 29.4 Å². The molecule has 0 unspecified atom stereocenters. The summed E-state index contributed by atoms with van der Waals surface area (Å²) in [5, 5.41) is 3.43. The van der Waals surface area contributed by atoms with Gasteiger partial charge in [-0.15, -0.1) is 0 Å². The molecular weight excluding hydrogens is 404 g/mol. The maximum Gasteiger partial charge on any atom is 0.327 e. The molecule has 0 saturated carbocycles. The number of carbonyl (C=O) groups excluding carboxylic acids is 3. The number of anilines is 1. The van der Waals surface area contributed by atoms with Crippen LogP contribution in [0.2, 0.25) is 0 Å². The van der Waals surface area contributed by atoms with E-state index in [1.165, 1.54) is 4.90 Å². The molecule has 0 bridgehead atoms. The molecule has 168 valence electrons. The van der Waals surface area contributed by atoms with Gasteiger partial charge in [0.15, 0.2) is 0 Å². The average Bonchev–Trinajstić information content (AvgIpc) is 3.25. The number of hydrogen-bond acceptors (Lipinski definition) is 5. The first-order valence-corrected chi connectivity index (χ1v) is 11.3. The number of imide groups is 1. The zero-order valence-electron chi connectivity index (χ0n) is 19.1. The van der Waals surface area contributed by atoms with E-state index in [2.05, 4.69) is 5.32 Å². The van der Waals surface area contributed by atoms with E-state index in [9.17, 15) is 14.4 Å². The number of carbonyl (C=O) groups is 3. The Morgan fingerprint density at radius 2 is 1.56 bits per heavy atom. The molecule has 0 aromatic heterocycles. The molecule has 0 aliphatic carbocycles. The highest BCUT2D eigenvalue weighted by Gasteiger charge is 2.68. The summed E-state index contributed by atoms with van der Waals surface area (Å²) in [6.07, 6.45) is 1.08. The Kier molecular flexibility index (Phi) is 5.91. The molecule has 2 fully saturated rings. The largest absolute Gasteiger partial charge is 0.465 e. The van der Waals surface area contributed by atoms with Gasteiger partial charge in [-0.05, 0) is 44.9 Å². The van der Waals surface area contributed by atoms with Gasteiger partial charge in [0.2, 0.25) is 11.8 Å². The van der Waals surface area contributed by atoms with Crippen molar-refractivity contribution in [1.29, 1.82) is 0 Å². The van der Waals surface area contributed by atoms with Gasteiger partial charge in [0.05, 0.1) is 24.1 Å². The second-order valence-corrected chi connectivity index (χ2v) is 8.83. The Bertz CT molecular complexity index is 1030. The Labute approximate surface area is 188 Å². The molecule has 2 heterocycles. The van der Waals surface area contributed by atoms with Crippen LogP contribution in [0.4, 0.5) is 5.69 Å². The number of nitrogens with one attached hydrogen (secondary N) is 1. The molecule has 6 heteroatoms. The first kappa shape index (κ1) is 22.2. The summed E-state index contributed by atoms with van der Waals surface area (Å²) in [5.74, 6) is -2.57. The lowest BCUT2D eigenvalue weighted by atomic mass is 9.77. The van der Waals surface area contributed by atoms with Crippen LogP contribution < -0.4 is 10.2 Å². The lowest BCUT2D eigenvalue weighted by Gasteiger charge is -2.32. The van der Waals surface area contributed by atoms with Crippen LogP contribution in [0.3, 0.4) is 0 Å². The van der Waals surface area contributed by atoms with Crippen molar-refractivity contribution >= 4 is 23.5 Å². The number of fused-ring (bicyclic) bond motifs is 1. The molecule has 2 saturated heterocycles. The second kappa shape index (κ2) is 8.51. The topological polar surface area (TPSA) is 75.7 Å². The predicted molar refractivity (Wildman–Crippen MR) is 122 cm³/mol. The van der Waals surface area contributed by atoms with Crippen molar-refractivity contribution in [2.45, 2.75) is 52.1 Å². The molecule has 1 N–H and O–H groups in total. The maximum atomic E-state index is 13.8. The Morgan fingerprint density at radius 3 is 2.12 bits per heavy atom. The number of benzene rings is 2. The second-order valence-electron chi connectivity index (χ2n) is 8.83. The van der Waals surface area contributed by atoms with Crippen LogP contribution in [0, 0.1) is 25.7 Å². The van der Waals surface area contributed by atoms with E-state index in [-0.39, 0.29) is 18.4 Å². The predicted octanol–water partition coefficient (Wildman–Crippen LogP) is 3.86. The SMILES string of the molecule is CCC[C@@]1(C(=O)OCC)N[C@@H](c2ccc(C)cc2)[C@H]2C(=O)N(c3ccc(C)cc3)C(=O)[C@H]21. The smallest absolute Gasteiger partial charge is 0.327 e. The molecule has 4 atom stereocenters. The fourth-order valence-corrected chi connectivity index (χ4v) is 5.18. The summed E-state index contributed by atoms with van der Waals surface area (Å²) in [6, 6.07) is 14.8. The minimum atomic E-state index is -1.24. The van der Waals surface area contributed by atoms with Crippen LogP contribution in [0.15, 0.2) is 48.5 Å². The van der Waals surface area contributed by atoms with Crippen LogP contribution in [-0.4, -0.2) is 29.9 Å². The zero-order valence-corrected chi connectivity index (χ0v) is 19.1. The van der Waals surface area contributed by atoms with Gasteiger partial charge in [-0.1, -0.05) is 60.9 Å². The van der Waals surface area contributed by atoms with Gasteiger partial charge in [-0.25, -0.2) is 4.90 Å². The van der Waals surface area contributed by atoms with Crippen molar-refractivity contribution in [1.82, 2.24) is 5.32 Å². The number of aryl methyl sites for hydroxylation is 2. The van der Waals surface area contributed by atoms with Gasteiger partial charge < -0.3 is 4.74 Å². The molecular formula is C26H30N2O4. The minimum absolute atomic E-state index is 0.211. The molecule has 0 radical (unpaired) electrons. The van der Waals surface area contributed by atoms with Crippen LogP contribution in [-0.2, 0) is 19.1 Å². The summed E-state index contributed by atoms with van der Waals surface area (Å²) in [5.41, 5.74) is 2.33. The molecule has 32 heavy (non-hydrogen) atoms. The number of ether oxygens (including phenoxy) is 1. The molecule has 2 amide bonds. The van der Waals surface area contributed by atoms with Crippen LogP contribution in [0.5, 0.6) is 0 Å². The maximum absolute atomic E-state index is 13.8. The molecule has 2 aromatic carbocycles. The van der Waals surface area contributed by atoms with Crippen molar-refractivity contribution in [2.75, 3.05) is 11.5 Å². The molecule has 4 rings (SSSR count). The molecule has 2 aromatic rings. The summed E-state index contributed by atoms with van der Waals surface area (Å²) in [6.45, 7) is 7.88. The van der Waals surface area contributed by atoms with Crippen LogP contribution in [0.25, 0.3) is 0 Å². The van der Waals surface area contributed by atoms with E-state index in [1.807, 2.05) is 57.2 Å². The lowest BCUT2D eigenvalue weighted by Crippen LogP contribution is -2.56. The number of nitrogens with zero attached hydrogens (tertiary/aromatic N) is 1. The molecule has 2 aliphatic rings. The molecule has 6 nitrogen and oxygen atoms in total. The van der Waals surface area contributed by atoms with Crippen LogP contribution in [0.1, 0.15) is 49.4 Å². The van der Waals surface area contributed by atoms with Gasteiger partial charge in [0.25, 0.3) is 0 Å². The minimum Gasteiger partial charge on any atom is -0.465 e. The third-order valence-corrected chi connectivity index (χ3v) is 6.67. The van der Waals surface area contributed by atoms with Gasteiger partial charge in [-0.3, -0.25) is 19.7 Å². The number of amides is 2. The van der Waals surface area contributed by atoms with Gasteiger partial charge in [-0.2, -0.15) is 0 Å². The van der Waals surface area contributed by atoms with Crippen molar-refractivity contribution in [3.8, 4) is 0 Å². The third-order valence-electron chi connectivity index (χ3n) is 6.67. The third kappa shape index (κ3) is 3.43. The van der Waals surface area contributed by atoms with E-state index in [1.54, 1.807) is 19.1 Å². The van der Waals surface area contributed by atoms with Gasteiger partial charge in [0.1, 0.15) is 5.54 Å². The monoisotopic (exact) mass is 434 g/mol. The van der Waals surface area contributed by atoms with Crippen molar-refractivity contribution in [3.63, 3.8) is 0 Å². The Balaban J connectivity index is 1.85. The number of hydrogen-bond donors (Lipinski definition) is 1. The highest BCUT2D eigenvalue weighted by atomic mass is 16.5. The summed E-state index contributed by atoms with van der Waals surface area (Å²) >= 11 is 0. The van der Waals surface area contributed by atoms with Crippen molar-refractivity contribution in [3.05, 3.63) is 65.2 Å². The highest BCUT2D eigenvalue weighted by Crippen LogP contribution is 2.51. The first-order valence-electron chi connectivity index (χ1n) is 11.3. The van der Waals surface area contributed by atoms with Gasteiger partial charge >= 0.3 is 5.97 Å². The fourth-order valence-electron chi connectivity index (χ4n) is 5.18. The van der Waals surface area contributed by atoms with Crippen molar-refractivity contribution in [2.24, 2.45) is 11.8 Å². The highest BCUT2D eigenvalue weighted by molar-refractivity contribution is 6.24. The average molecular weight is 435 g/mol. The summed E-state index contributed by atoms with van der Waals surface area (Å²) < 4.78 is 5.45. The molecule has 0 spiro atoms. The van der Waals surface area contributed by atoms with Crippen LogP contribution >= 0.6 is 0 Å². The van der Waals surface area contributed by atoms with Gasteiger partial charge in [0, 0.05) is 6.04 Å². The normalized spacial score (nSPS) is 27.0. The summed E-state index contributed by atoms with van der Waals surface area (Å²) in [4.78, 5) is 42.1. The first-order chi connectivity index (χ1) is 15.3. The van der Waals surface area contributed by atoms with E-state index in [0.717, 1.165) is 16.7 Å². The molecule has 2 aliphatic heterocycles. The summed E-state index contributed by atoms with van der Waals surface area (Å²) in [7, 11) is 0. The number of rotatable bonds is 6. The Hall–Kier alpha value is -2.99. The Morgan fingerprint density at radius 1 is 0.969 bits per heavy atom. The quantitative estimate of drug-likeness (QED) is 0.552.